The van der Waals surface area contributed by atoms with E-state index in [9.17, 15) is 0 Å². The van der Waals surface area contributed by atoms with Gasteiger partial charge in [-0.1, -0.05) is 137 Å². The van der Waals surface area contributed by atoms with Crippen molar-refractivity contribution in [2.45, 2.75) is 137 Å². The average molecular weight is 338 g/mol. The summed E-state index contributed by atoms with van der Waals surface area (Å²) in [6.45, 7) is 9.32. The first-order valence-corrected chi connectivity index (χ1v) is 11.6. The van der Waals surface area contributed by atoms with Crippen LogP contribution in [0.5, 0.6) is 0 Å². The standard InChI is InChI=1S/C24H49/c1-5-9-13-14-15-17-21-24(19-12-8-4)22-23(18-11-7-3)20-16-10-6-2/h22-24H,5-21H2,1-4H3. The second-order valence-electron chi connectivity index (χ2n) is 8.05. The molecule has 0 aliphatic carbocycles. The van der Waals surface area contributed by atoms with Gasteiger partial charge in [0.15, 0.2) is 0 Å². The number of hydrogen-bond acceptors (Lipinski definition) is 0. The highest BCUT2D eigenvalue weighted by atomic mass is 14.2. The van der Waals surface area contributed by atoms with Crippen LogP contribution in [0.2, 0.25) is 0 Å². The van der Waals surface area contributed by atoms with Crippen molar-refractivity contribution in [3.63, 3.8) is 0 Å². The summed E-state index contributed by atoms with van der Waals surface area (Å²) in [7, 11) is 0. The molecule has 0 aliphatic heterocycles. The van der Waals surface area contributed by atoms with Crippen molar-refractivity contribution in [3.05, 3.63) is 6.42 Å². The van der Waals surface area contributed by atoms with Gasteiger partial charge in [0.05, 0.1) is 0 Å². The van der Waals surface area contributed by atoms with Crippen LogP contribution in [0, 0.1) is 18.3 Å². The maximum Gasteiger partial charge on any atom is -0.0324 e. The Labute approximate surface area is 155 Å². The van der Waals surface area contributed by atoms with Crippen LogP contribution in [0.15, 0.2) is 0 Å². The molecule has 0 nitrogen and oxygen atoms in total. The van der Waals surface area contributed by atoms with Gasteiger partial charge in [0.1, 0.15) is 0 Å². The van der Waals surface area contributed by atoms with Crippen LogP contribution in [0.25, 0.3) is 0 Å². The Kier molecular flexibility index (Phi) is 19.3. The first-order valence-electron chi connectivity index (χ1n) is 11.6. The van der Waals surface area contributed by atoms with Crippen LogP contribution < -0.4 is 0 Å². The van der Waals surface area contributed by atoms with Crippen LogP contribution in [0.3, 0.4) is 0 Å². The predicted octanol–water partition coefficient (Wildman–Crippen LogP) is 9.13. The molecular weight excluding hydrogens is 288 g/mol. The smallest absolute Gasteiger partial charge is 0.0324 e. The lowest BCUT2D eigenvalue weighted by Crippen LogP contribution is -2.11. The molecule has 145 valence electrons. The third-order valence-corrected chi connectivity index (χ3v) is 5.51. The molecule has 0 aromatic carbocycles. The van der Waals surface area contributed by atoms with Gasteiger partial charge < -0.3 is 0 Å². The van der Waals surface area contributed by atoms with Gasteiger partial charge in [0.25, 0.3) is 0 Å². The van der Waals surface area contributed by atoms with Crippen molar-refractivity contribution in [2.75, 3.05) is 0 Å². The van der Waals surface area contributed by atoms with Crippen molar-refractivity contribution < 1.29 is 0 Å². The molecular formula is C24H49. The van der Waals surface area contributed by atoms with Crippen LogP contribution in [0.4, 0.5) is 0 Å². The normalized spacial score (nSPS) is 14.0. The van der Waals surface area contributed by atoms with Crippen LogP contribution in [-0.4, -0.2) is 0 Å². The maximum atomic E-state index is 2.81. The molecule has 24 heavy (non-hydrogen) atoms. The topological polar surface area (TPSA) is 0 Å². The molecule has 0 aromatic heterocycles. The van der Waals surface area contributed by atoms with E-state index in [1.54, 1.807) is 0 Å². The Morgan fingerprint density at radius 3 is 1.25 bits per heavy atom. The SMILES string of the molecule is CCCCCCCCC([CH]C(CCCC)CCCCC)CCCC. The Balaban J connectivity index is 4.18. The van der Waals surface area contributed by atoms with E-state index in [0.29, 0.717) is 0 Å². The fraction of sp³-hybridized carbons (Fsp3) is 0.958. The van der Waals surface area contributed by atoms with Crippen molar-refractivity contribution in [3.8, 4) is 0 Å². The molecule has 0 bridgehead atoms. The van der Waals surface area contributed by atoms with E-state index in [1.165, 1.54) is 109 Å². The molecule has 2 unspecified atom stereocenters. The van der Waals surface area contributed by atoms with E-state index in [2.05, 4.69) is 34.1 Å². The van der Waals surface area contributed by atoms with Crippen molar-refractivity contribution >= 4 is 0 Å². The number of unbranched alkanes of at least 4 members (excludes halogenated alkanes) is 9. The summed E-state index contributed by atoms with van der Waals surface area (Å²) in [5.74, 6) is 1.80. The van der Waals surface area contributed by atoms with E-state index in [-0.39, 0.29) is 0 Å². The maximum absolute atomic E-state index is 2.81. The second kappa shape index (κ2) is 19.3. The Morgan fingerprint density at radius 2 is 0.750 bits per heavy atom. The fourth-order valence-corrected chi connectivity index (χ4v) is 3.83. The summed E-state index contributed by atoms with van der Waals surface area (Å²) in [5.41, 5.74) is 0. The zero-order chi connectivity index (χ0) is 17.9. The lowest BCUT2D eigenvalue weighted by Gasteiger charge is -2.23. The first kappa shape index (κ1) is 24.0. The zero-order valence-corrected chi connectivity index (χ0v) is 17.8. The van der Waals surface area contributed by atoms with Crippen molar-refractivity contribution in [1.82, 2.24) is 0 Å². The molecule has 1 radical (unpaired) electrons. The molecule has 0 spiro atoms. The third kappa shape index (κ3) is 15.5. The van der Waals surface area contributed by atoms with E-state index in [1.807, 2.05) is 0 Å². The van der Waals surface area contributed by atoms with Crippen LogP contribution >= 0.6 is 0 Å². The zero-order valence-electron chi connectivity index (χ0n) is 17.8. The third-order valence-electron chi connectivity index (χ3n) is 5.51. The minimum Gasteiger partial charge on any atom is -0.0654 e. The molecule has 0 saturated heterocycles. The molecule has 0 rings (SSSR count). The van der Waals surface area contributed by atoms with Crippen molar-refractivity contribution in [2.24, 2.45) is 11.8 Å². The summed E-state index contributed by atoms with van der Waals surface area (Å²) in [6, 6.07) is 0. The Hall–Kier alpha value is 0. The highest BCUT2D eigenvalue weighted by Crippen LogP contribution is 2.29. The Bertz CT molecular complexity index is 220. The molecule has 0 amide bonds. The van der Waals surface area contributed by atoms with Gasteiger partial charge in [0.2, 0.25) is 0 Å². The molecule has 0 aromatic rings. The highest BCUT2D eigenvalue weighted by Gasteiger charge is 2.16. The van der Waals surface area contributed by atoms with Gasteiger partial charge in [-0.2, -0.15) is 0 Å². The van der Waals surface area contributed by atoms with Gasteiger partial charge in [-0.25, -0.2) is 0 Å². The second-order valence-corrected chi connectivity index (χ2v) is 8.05. The minimum absolute atomic E-state index is 0.901. The molecule has 0 fully saturated rings. The van der Waals surface area contributed by atoms with E-state index in [4.69, 9.17) is 0 Å². The monoisotopic (exact) mass is 337 g/mol. The lowest BCUT2D eigenvalue weighted by molar-refractivity contribution is 0.371. The van der Waals surface area contributed by atoms with E-state index < -0.39 is 0 Å². The molecule has 0 aliphatic rings. The van der Waals surface area contributed by atoms with Gasteiger partial charge in [-0.3, -0.25) is 0 Å². The lowest BCUT2D eigenvalue weighted by atomic mass is 9.82. The fourth-order valence-electron chi connectivity index (χ4n) is 3.83. The first-order chi connectivity index (χ1) is 11.8. The molecule has 0 N–H and O–H groups in total. The Morgan fingerprint density at radius 1 is 0.417 bits per heavy atom. The number of hydrogen-bond donors (Lipinski definition) is 0. The molecule has 0 saturated carbocycles. The quantitative estimate of drug-likeness (QED) is 0.206. The van der Waals surface area contributed by atoms with Gasteiger partial charge in [-0.15, -0.1) is 0 Å². The largest absolute Gasteiger partial charge is 0.0654 e. The van der Waals surface area contributed by atoms with Gasteiger partial charge in [-0.05, 0) is 18.3 Å². The van der Waals surface area contributed by atoms with Gasteiger partial charge in [0, 0.05) is 0 Å². The summed E-state index contributed by atoms with van der Waals surface area (Å²) in [4.78, 5) is 0. The average Bonchev–Trinajstić information content (AvgIpc) is 2.60. The van der Waals surface area contributed by atoms with Crippen LogP contribution in [-0.2, 0) is 0 Å². The van der Waals surface area contributed by atoms with Crippen LogP contribution in [0.1, 0.15) is 137 Å². The van der Waals surface area contributed by atoms with E-state index >= 15 is 0 Å². The molecule has 0 heterocycles. The molecule has 0 heteroatoms. The summed E-state index contributed by atoms with van der Waals surface area (Å²) >= 11 is 0. The van der Waals surface area contributed by atoms with Gasteiger partial charge >= 0.3 is 0 Å². The van der Waals surface area contributed by atoms with E-state index in [0.717, 1.165) is 11.8 Å². The number of rotatable bonds is 19. The van der Waals surface area contributed by atoms with Crippen molar-refractivity contribution in [1.29, 1.82) is 0 Å². The minimum atomic E-state index is 0.901. The molecule has 2 atom stereocenters. The predicted molar refractivity (Wildman–Crippen MR) is 112 cm³/mol. The summed E-state index contributed by atoms with van der Waals surface area (Å²) < 4.78 is 0. The highest BCUT2D eigenvalue weighted by molar-refractivity contribution is 4.84. The summed E-state index contributed by atoms with van der Waals surface area (Å²) in [5, 5.41) is 0. The summed E-state index contributed by atoms with van der Waals surface area (Å²) in [6.07, 6.45) is 27.0.